The van der Waals surface area contributed by atoms with Crippen LogP contribution in [0.4, 0.5) is 8.78 Å². The third-order valence-electron chi connectivity index (χ3n) is 3.97. The maximum Gasteiger partial charge on any atom is 0.243 e. The average molecular weight is 347 g/mol. The van der Waals surface area contributed by atoms with E-state index >= 15 is 4.39 Å². The molecule has 0 saturated heterocycles. The van der Waals surface area contributed by atoms with Gasteiger partial charge < -0.3 is 0 Å². The molecule has 0 unspecified atom stereocenters. The summed E-state index contributed by atoms with van der Waals surface area (Å²) in [6.45, 7) is -0.274. The molecule has 25 heavy (non-hydrogen) atoms. The van der Waals surface area contributed by atoms with E-state index in [4.69, 9.17) is 0 Å². The van der Waals surface area contributed by atoms with Gasteiger partial charge in [0.15, 0.2) is 5.78 Å². The standard InChI is InChI=1S/C18H15F2NO4/c1-12(22)18(20,17(23)13-7-3-2-4-8-13)15(11-21(24)25)14-9-5-6-10-16(14)19/h2-10,15H,11H2,1H3/t15-,18+/m0/s1. The highest BCUT2D eigenvalue weighted by molar-refractivity contribution is 6.17. The van der Waals surface area contributed by atoms with Crippen molar-refractivity contribution in [1.29, 1.82) is 0 Å². The van der Waals surface area contributed by atoms with Gasteiger partial charge in [0.1, 0.15) is 11.7 Å². The molecule has 2 rings (SSSR count). The highest BCUT2D eigenvalue weighted by atomic mass is 19.1. The van der Waals surface area contributed by atoms with Crippen molar-refractivity contribution in [3.05, 3.63) is 81.7 Å². The molecule has 0 aliphatic heterocycles. The summed E-state index contributed by atoms with van der Waals surface area (Å²) in [5.74, 6) is -5.24. The summed E-state index contributed by atoms with van der Waals surface area (Å²) < 4.78 is 29.9. The van der Waals surface area contributed by atoms with E-state index in [2.05, 4.69) is 0 Å². The third-order valence-corrected chi connectivity index (χ3v) is 3.97. The maximum absolute atomic E-state index is 15.7. The van der Waals surface area contributed by atoms with E-state index in [0.717, 1.165) is 19.1 Å². The lowest BCUT2D eigenvalue weighted by Crippen LogP contribution is -2.49. The second-order valence-electron chi connectivity index (χ2n) is 5.55. The number of benzene rings is 2. The topological polar surface area (TPSA) is 77.3 Å². The number of rotatable bonds is 7. The Hall–Kier alpha value is -2.96. The zero-order valence-electron chi connectivity index (χ0n) is 13.3. The molecule has 2 atom stereocenters. The predicted molar refractivity (Wildman–Crippen MR) is 86.3 cm³/mol. The largest absolute Gasteiger partial charge is 0.296 e. The molecule has 130 valence electrons. The molecule has 7 heteroatoms. The summed E-state index contributed by atoms with van der Waals surface area (Å²) in [4.78, 5) is 34.9. The lowest BCUT2D eigenvalue weighted by molar-refractivity contribution is -0.485. The van der Waals surface area contributed by atoms with Gasteiger partial charge in [0, 0.05) is 16.1 Å². The van der Waals surface area contributed by atoms with Gasteiger partial charge in [-0.2, -0.15) is 0 Å². The van der Waals surface area contributed by atoms with Gasteiger partial charge in [0.2, 0.25) is 18.0 Å². The predicted octanol–water partition coefficient (Wildman–Crippen LogP) is 3.37. The lowest BCUT2D eigenvalue weighted by Gasteiger charge is -2.28. The third kappa shape index (κ3) is 3.60. The van der Waals surface area contributed by atoms with Gasteiger partial charge in [0.25, 0.3) is 0 Å². The van der Waals surface area contributed by atoms with Gasteiger partial charge in [0.05, 0.1) is 0 Å². The molecule has 0 aliphatic carbocycles. The molecular weight excluding hydrogens is 332 g/mol. The zero-order valence-corrected chi connectivity index (χ0v) is 13.3. The van der Waals surface area contributed by atoms with Gasteiger partial charge >= 0.3 is 0 Å². The van der Waals surface area contributed by atoms with E-state index in [0.29, 0.717) is 0 Å². The van der Waals surface area contributed by atoms with Crippen molar-refractivity contribution < 1.29 is 23.3 Å². The Morgan fingerprint density at radius 3 is 2.20 bits per heavy atom. The Balaban J connectivity index is 2.64. The zero-order chi connectivity index (χ0) is 18.6. The van der Waals surface area contributed by atoms with Crippen molar-refractivity contribution in [2.45, 2.75) is 18.5 Å². The second kappa shape index (κ2) is 7.29. The minimum absolute atomic E-state index is 0.120. The van der Waals surface area contributed by atoms with Gasteiger partial charge in [-0.1, -0.05) is 48.5 Å². The number of ketones is 2. The van der Waals surface area contributed by atoms with E-state index in [1.165, 1.54) is 36.4 Å². The maximum atomic E-state index is 15.7. The number of carbonyl (C=O) groups excluding carboxylic acids is 2. The number of alkyl halides is 1. The van der Waals surface area contributed by atoms with Crippen LogP contribution in [0, 0.1) is 15.9 Å². The second-order valence-corrected chi connectivity index (χ2v) is 5.55. The van der Waals surface area contributed by atoms with Crippen LogP contribution in [0.15, 0.2) is 54.6 Å². The molecule has 0 N–H and O–H groups in total. The molecule has 0 fully saturated rings. The number of halogens is 2. The lowest BCUT2D eigenvalue weighted by atomic mass is 9.76. The molecule has 0 aliphatic rings. The Morgan fingerprint density at radius 1 is 1.12 bits per heavy atom. The van der Waals surface area contributed by atoms with Crippen molar-refractivity contribution in [3.63, 3.8) is 0 Å². The minimum Gasteiger partial charge on any atom is -0.296 e. The fraction of sp³-hybridized carbons (Fsp3) is 0.222. The molecule has 0 radical (unpaired) electrons. The van der Waals surface area contributed by atoms with E-state index in [9.17, 15) is 24.1 Å². The van der Waals surface area contributed by atoms with Crippen LogP contribution in [-0.4, -0.2) is 28.7 Å². The SMILES string of the molecule is CC(=O)[C@](F)(C(=O)c1ccccc1)[C@@H](C[N+](=O)[O-])c1ccccc1F. The van der Waals surface area contributed by atoms with Crippen molar-refractivity contribution in [2.24, 2.45) is 0 Å². The average Bonchev–Trinajstić information content (AvgIpc) is 2.59. The van der Waals surface area contributed by atoms with E-state index in [1.54, 1.807) is 6.07 Å². The monoisotopic (exact) mass is 347 g/mol. The quantitative estimate of drug-likeness (QED) is 0.333. The van der Waals surface area contributed by atoms with Crippen LogP contribution in [0.25, 0.3) is 0 Å². The van der Waals surface area contributed by atoms with Crippen molar-refractivity contribution >= 4 is 11.6 Å². The molecule has 0 aromatic heterocycles. The molecular formula is C18H15F2NO4. The summed E-state index contributed by atoms with van der Waals surface area (Å²) in [5, 5.41) is 11.0. The van der Waals surface area contributed by atoms with Crippen molar-refractivity contribution in [2.75, 3.05) is 6.54 Å². The Kier molecular flexibility index (Phi) is 5.36. The molecule has 5 nitrogen and oxygen atoms in total. The first-order valence-corrected chi connectivity index (χ1v) is 7.44. The molecule has 2 aromatic carbocycles. The number of hydrogen-bond donors (Lipinski definition) is 0. The van der Waals surface area contributed by atoms with Gasteiger partial charge in [-0.3, -0.25) is 19.7 Å². The first kappa shape index (κ1) is 18.4. The minimum atomic E-state index is -3.25. The summed E-state index contributed by atoms with van der Waals surface area (Å²) in [6, 6.07) is 11.9. The smallest absolute Gasteiger partial charge is 0.243 e. The molecule has 0 amide bonds. The molecule has 0 saturated carbocycles. The highest BCUT2D eigenvalue weighted by Gasteiger charge is 2.54. The number of Topliss-reactive ketones (excluding diaryl/α,β-unsaturated/α-hetero) is 2. The summed E-state index contributed by atoms with van der Waals surface area (Å²) >= 11 is 0. The molecule has 0 spiro atoms. The number of nitro groups is 1. The van der Waals surface area contributed by atoms with Crippen LogP contribution in [0.5, 0.6) is 0 Å². The fourth-order valence-electron chi connectivity index (χ4n) is 2.71. The van der Waals surface area contributed by atoms with Crippen LogP contribution in [-0.2, 0) is 4.79 Å². The van der Waals surface area contributed by atoms with E-state index in [-0.39, 0.29) is 11.1 Å². The van der Waals surface area contributed by atoms with Gasteiger partial charge in [-0.15, -0.1) is 0 Å². The molecule has 0 heterocycles. The van der Waals surface area contributed by atoms with Crippen LogP contribution >= 0.6 is 0 Å². The van der Waals surface area contributed by atoms with Crippen molar-refractivity contribution in [3.8, 4) is 0 Å². The van der Waals surface area contributed by atoms with Gasteiger partial charge in [-0.25, -0.2) is 8.78 Å². The van der Waals surface area contributed by atoms with Crippen LogP contribution in [0.1, 0.15) is 28.8 Å². The van der Waals surface area contributed by atoms with Crippen LogP contribution in [0.2, 0.25) is 0 Å². The Bertz CT molecular complexity index is 810. The number of nitrogens with zero attached hydrogens (tertiary/aromatic N) is 1. The Morgan fingerprint density at radius 2 is 1.68 bits per heavy atom. The first-order valence-electron chi connectivity index (χ1n) is 7.44. The highest BCUT2D eigenvalue weighted by Crippen LogP contribution is 2.37. The normalized spacial score (nSPS) is 14.4. The summed E-state index contributed by atoms with van der Waals surface area (Å²) in [7, 11) is 0. The van der Waals surface area contributed by atoms with Gasteiger partial charge in [-0.05, 0) is 13.0 Å². The van der Waals surface area contributed by atoms with Crippen molar-refractivity contribution in [1.82, 2.24) is 0 Å². The number of hydrogen-bond acceptors (Lipinski definition) is 4. The Labute approximate surface area is 142 Å². The van der Waals surface area contributed by atoms with E-state index in [1.807, 2.05) is 0 Å². The number of carbonyl (C=O) groups is 2. The fourth-order valence-corrected chi connectivity index (χ4v) is 2.71. The summed E-state index contributed by atoms with van der Waals surface area (Å²) in [6.07, 6.45) is 0. The van der Waals surface area contributed by atoms with Crippen LogP contribution < -0.4 is 0 Å². The molecule has 0 bridgehead atoms. The van der Waals surface area contributed by atoms with Crippen LogP contribution in [0.3, 0.4) is 0 Å². The van der Waals surface area contributed by atoms with E-state index < -0.39 is 40.4 Å². The summed E-state index contributed by atoms with van der Waals surface area (Å²) in [5.41, 5.74) is -3.76. The molecule has 2 aromatic rings. The first-order chi connectivity index (χ1) is 11.8.